The second-order valence-corrected chi connectivity index (χ2v) is 6.07. The van der Waals surface area contributed by atoms with E-state index in [0.29, 0.717) is 12.0 Å². The number of rotatable bonds is 5. The highest BCUT2D eigenvalue weighted by atomic mass is 16.3. The van der Waals surface area contributed by atoms with Crippen molar-refractivity contribution in [1.82, 2.24) is 25.5 Å². The molecule has 0 bridgehead atoms. The van der Waals surface area contributed by atoms with Crippen LogP contribution in [0, 0.1) is 5.92 Å². The molecule has 1 saturated carbocycles. The van der Waals surface area contributed by atoms with Crippen molar-refractivity contribution in [3.05, 3.63) is 36.2 Å². The summed E-state index contributed by atoms with van der Waals surface area (Å²) < 4.78 is 1.64. The minimum atomic E-state index is 0.264. The van der Waals surface area contributed by atoms with E-state index in [2.05, 4.69) is 39.9 Å². The van der Waals surface area contributed by atoms with Gasteiger partial charge in [0.1, 0.15) is 6.33 Å². The summed E-state index contributed by atoms with van der Waals surface area (Å²) in [4.78, 5) is 0. The van der Waals surface area contributed by atoms with Crippen molar-refractivity contribution < 1.29 is 5.11 Å². The van der Waals surface area contributed by atoms with Gasteiger partial charge in [-0.15, -0.1) is 5.10 Å². The molecule has 6 heteroatoms. The lowest BCUT2D eigenvalue weighted by Gasteiger charge is -2.33. The topological polar surface area (TPSA) is 75.9 Å². The number of benzene rings is 1. The Morgan fingerprint density at radius 1 is 1.27 bits per heavy atom. The zero-order chi connectivity index (χ0) is 15.4. The van der Waals surface area contributed by atoms with Gasteiger partial charge < -0.3 is 10.4 Å². The largest absolute Gasteiger partial charge is 0.396 e. The van der Waals surface area contributed by atoms with E-state index >= 15 is 0 Å². The Labute approximate surface area is 130 Å². The summed E-state index contributed by atoms with van der Waals surface area (Å²) in [7, 11) is 0. The summed E-state index contributed by atoms with van der Waals surface area (Å²) in [5.41, 5.74) is 2.19. The monoisotopic (exact) mass is 301 g/mol. The second kappa shape index (κ2) is 6.98. The SMILES string of the molecule is CC(NC1CCCCC1CO)c1ccc(-n2cnnn2)cc1. The van der Waals surface area contributed by atoms with E-state index in [1.165, 1.54) is 18.4 Å². The zero-order valence-corrected chi connectivity index (χ0v) is 12.9. The van der Waals surface area contributed by atoms with Gasteiger partial charge in [0.25, 0.3) is 0 Å². The molecule has 1 aromatic carbocycles. The quantitative estimate of drug-likeness (QED) is 0.881. The van der Waals surface area contributed by atoms with E-state index in [9.17, 15) is 5.11 Å². The first kappa shape index (κ1) is 15.1. The van der Waals surface area contributed by atoms with Crippen LogP contribution in [0.5, 0.6) is 0 Å². The van der Waals surface area contributed by atoms with E-state index in [-0.39, 0.29) is 12.6 Å². The van der Waals surface area contributed by atoms with Crippen LogP contribution in [0.4, 0.5) is 0 Å². The maximum Gasteiger partial charge on any atom is 0.143 e. The van der Waals surface area contributed by atoms with Gasteiger partial charge >= 0.3 is 0 Å². The number of aliphatic hydroxyl groups excluding tert-OH is 1. The number of aromatic nitrogens is 4. The second-order valence-electron chi connectivity index (χ2n) is 6.07. The molecular formula is C16H23N5O. The molecule has 3 unspecified atom stereocenters. The summed E-state index contributed by atoms with van der Waals surface area (Å²) in [6.45, 7) is 2.46. The molecule has 0 radical (unpaired) electrons. The average Bonchev–Trinajstić information content (AvgIpc) is 3.10. The van der Waals surface area contributed by atoms with Crippen LogP contribution in [0.15, 0.2) is 30.6 Å². The minimum Gasteiger partial charge on any atom is -0.396 e. The Morgan fingerprint density at radius 3 is 2.73 bits per heavy atom. The van der Waals surface area contributed by atoms with Crippen LogP contribution in [0.25, 0.3) is 5.69 Å². The molecule has 1 heterocycles. The highest BCUT2D eigenvalue weighted by molar-refractivity contribution is 5.34. The predicted molar refractivity (Wildman–Crippen MR) is 83.5 cm³/mol. The first-order valence-electron chi connectivity index (χ1n) is 7.98. The van der Waals surface area contributed by atoms with Crippen LogP contribution in [0.3, 0.4) is 0 Å². The third kappa shape index (κ3) is 3.34. The molecule has 1 aliphatic rings. The van der Waals surface area contributed by atoms with Crippen molar-refractivity contribution in [3.8, 4) is 5.69 Å². The van der Waals surface area contributed by atoms with Crippen molar-refractivity contribution in [2.75, 3.05) is 6.61 Å². The lowest BCUT2D eigenvalue weighted by atomic mass is 9.84. The van der Waals surface area contributed by atoms with Crippen LogP contribution < -0.4 is 5.32 Å². The van der Waals surface area contributed by atoms with Gasteiger partial charge in [0.15, 0.2) is 0 Å². The van der Waals surface area contributed by atoms with Gasteiger partial charge in [-0.2, -0.15) is 0 Å². The fourth-order valence-electron chi connectivity index (χ4n) is 3.26. The molecule has 3 atom stereocenters. The van der Waals surface area contributed by atoms with E-state index < -0.39 is 0 Å². The normalized spacial score (nSPS) is 23.4. The smallest absolute Gasteiger partial charge is 0.143 e. The fourth-order valence-corrected chi connectivity index (χ4v) is 3.26. The number of nitrogens with one attached hydrogen (secondary N) is 1. The van der Waals surface area contributed by atoms with Crippen LogP contribution in [0.1, 0.15) is 44.2 Å². The molecule has 22 heavy (non-hydrogen) atoms. The summed E-state index contributed by atoms with van der Waals surface area (Å²) in [5.74, 6) is 0.386. The Kier molecular flexibility index (Phi) is 4.80. The summed E-state index contributed by atoms with van der Waals surface area (Å²) in [6, 6.07) is 8.92. The molecule has 1 aliphatic carbocycles. The first-order chi connectivity index (χ1) is 10.8. The number of tetrazole rings is 1. The van der Waals surface area contributed by atoms with Gasteiger partial charge in [0.2, 0.25) is 0 Å². The van der Waals surface area contributed by atoms with Gasteiger partial charge in [0.05, 0.1) is 5.69 Å². The van der Waals surface area contributed by atoms with Gasteiger partial charge in [-0.25, -0.2) is 4.68 Å². The van der Waals surface area contributed by atoms with E-state index in [0.717, 1.165) is 18.5 Å². The summed E-state index contributed by atoms with van der Waals surface area (Å²) in [5, 5.41) is 24.4. The highest BCUT2D eigenvalue weighted by Crippen LogP contribution is 2.26. The molecule has 1 aromatic heterocycles. The predicted octanol–water partition coefficient (Wildman–Crippen LogP) is 1.86. The van der Waals surface area contributed by atoms with Crippen molar-refractivity contribution in [2.24, 2.45) is 5.92 Å². The number of hydrogen-bond acceptors (Lipinski definition) is 5. The first-order valence-corrected chi connectivity index (χ1v) is 7.98. The molecule has 0 amide bonds. The Morgan fingerprint density at radius 2 is 2.05 bits per heavy atom. The molecule has 2 N–H and O–H groups in total. The summed E-state index contributed by atoms with van der Waals surface area (Å²) in [6.07, 6.45) is 6.35. The molecule has 3 rings (SSSR count). The molecular weight excluding hydrogens is 278 g/mol. The van der Waals surface area contributed by atoms with Gasteiger partial charge in [-0.3, -0.25) is 0 Å². The molecule has 2 aromatic rings. The molecule has 6 nitrogen and oxygen atoms in total. The summed E-state index contributed by atoms with van der Waals surface area (Å²) >= 11 is 0. The molecule has 0 aliphatic heterocycles. The molecule has 0 saturated heterocycles. The fraction of sp³-hybridized carbons (Fsp3) is 0.562. The minimum absolute atomic E-state index is 0.264. The maximum absolute atomic E-state index is 9.53. The molecule has 118 valence electrons. The Bertz CT molecular complexity index is 569. The van der Waals surface area contributed by atoms with Crippen molar-refractivity contribution in [2.45, 2.75) is 44.7 Å². The van der Waals surface area contributed by atoms with Gasteiger partial charge in [0, 0.05) is 18.7 Å². The van der Waals surface area contributed by atoms with E-state index in [1.807, 2.05) is 12.1 Å². The molecule has 1 fully saturated rings. The number of nitrogens with zero attached hydrogens (tertiary/aromatic N) is 4. The average molecular weight is 301 g/mol. The van der Waals surface area contributed by atoms with Gasteiger partial charge in [-0.1, -0.05) is 25.0 Å². The molecule has 0 spiro atoms. The maximum atomic E-state index is 9.53. The third-order valence-corrected chi connectivity index (χ3v) is 4.61. The van der Waals surface area contributed by atoms with Crippen LogP contribution >= 0.6 is 0 Å². The number of aliphatic hydroxyl groups is 1. The highest BCUT2D eigenvalue weighted by Gasteiger charge is 2.25. The van der Waals surface area contributed by atoms with Crippen molar-refractivity contribution in [3.63, 3.8) is 0 Å². The Hall–Kier alpha value is -1.79. The zero-order valence-electron chi connectivity index (χ0n) is 12.9. The van der Waals surface area contributed by atoms with Crippen molar-refractivity contribution in [1.29, 1.82) is 0 Å². The third-order valence-electron chi connectivity index (χ3n) is 4.61. The standard InChI is InChI=1S/C16H23N5O/c1-12(18-16-5-3-2-4-14(16)10-22)13-6-8-15(9-7-13)21-11-17-19-20-21/h6-9,11-12,14,16,18,22H,2-5,10H2,1H3. The van der Waals surface area contributed by atoms with Crippen LogP contribution in [-0.2, 0) is 0 Å². The van der Waals surface area contributed by atoms with Crippen molar-refractivity contribution >= 4 is 0 Å². The lowest BCUT2D eigenvalue weighted by Crippen LogP contribution is -2.41. The van der Waals surface area contributed by atoms with Gasteiger partial charge in [-0.05, 0) is 53.8 Å². The lowest BCUT2D eigenvalue weighted by molar-refractivity contribution is 0.147. The Balaban J connectivity index is 1.65. The van der Waals surface area contributed by atoms with E-state index in [1.54, 1.807) is 11.0 Å². The van der Waals surface area contributed by atoms with E-state index in [4.69, 9.17) is 0 Å². The number of hydrogen-bond donors (Lipinski definition) is 2. The van der Waals surface area contributed by atoms with Crippen LogP contribution in [-0.4, -0.2) is 38.0 Å². The van der Waals surface area contributed by atoms with Crippen LogP contribution in [0.2, 0.25) is 0 Å².